The van der Waals surface area contributed by atoms with E-state index in [0.29, 0.717) is 17.1 Å². The quantitative estimate of drug-likeness (QED) is 0.842. The highest BCUT2D eigenvalue weighted by Crippen LogP contribution is 2.47. The summed E-state index contributed by atoms with van der Waals surface area (Å²) in [5.41, 5.74) is 0.733. The average molecular weight is 293 g/mol. The molecule has 120 valence electrons. The molecule has 2 aliphatic heterocycles. The Morgan fingerprint density at radius 2 is 1.67 bits per heavy atom. The molecular weight excluding hydrogens is 262 g/mol. The van der Waals surface area contributed by atoms with Gasteiger partial charge >= 0.3 is 0 Å². The second kappa shape index (κ2) is 5.82. The van der Waals surface area contributed by atoms with Crippen molar-refractivity contribution in [2.75, 3.05) is 19.8 Å². The zero-order valence-corrected chi connectivity index (χ0v) is 13.4. The predicted octanol–water partition coefficient (Wildman–Crippen LogP) is 3.42. The molecule has 0 bridgehead atoms. The lowest BCUT2D eigenvalue weighted by Gasteiger charge is -2.39. The third-order valence-corrected chi connectivity index (χ3v) is 6.41. The molecule has 21 heavy (non-hydrogen) atoms. The van der Waals surface area contributed by atoms with Gasteiger partial charge < -0.3 is 14.8 Å². The highest BCUT2D eigenvalue weighted by Gasteiger charge is 2.45. The zero-order valence-electron chi connectivity index (χ0n) is 13.4. The topological polar surface area (TPSA) is 30.5 Å². The van der Waals surface area contributed by atoms with E-state index in [1.807, 2.05) is 0 Å². The molecule has 3 heteroatoms. The first-order chi connectivity index (χ1) is 10.3. The maximum absolute atomic E-state index is 6.59. The molecule has 4 fully saturated rings. The van der Waals surface area contributed by atoms with E-state index >= 15 is 0 Å². The highest BCUT2D eigenvalue weighted by atomic mass is 16.5. The van der Waals surface area contributed by atoms with Crippen molar-refractivity contribution in [1.29, 1.82) is 0 Å². The molecule has 0 aromatic carbocycles. The minimum atomic E-state index is 0.293. The molecule has 2 aliphatic carbocycles. The summed E-state index contributed by atoms with van der Waals surface area (Å²) in [6.45, 7) is 3.09. The third-order valence-electron chi connectivity index (χ3n) is 6.41. The van der Waals surface area contributed by atoms with E-state index in [1.54, 1.807) is 0 Å². The molecule has 0 aromatic rings. The van der Waals surface area contributed by atoms with Gasteiger partial charge in [0.2, 0.25) is 0 Å². The first-order valence-electron chi connectivity index (χ1n) is 9.27. The van der Waals surface area contributed by atoms with Gasteiger partial charge in [-0.3, -0.25) is 0 Å². The van der Waals surface area contributed by atoms with Crippen LogP contribution in [-0.4, -0.2) is 37.5 Å². The molecule has 1 unspecified atom stereocenters. The van der Waals surface area contributed by atoms with Crippen LogP contribution in [0, 0.1) is 5.41 Å². The van der Waals surface area contributed by atoms with Gasteiger partial charge in [0.05, 0.1) is 11.7 Å². The Labute approximate surface area is 129 Å². The van der Waals surface area contributed by atoms with Gasteiger partial charge in [0.15, 0.2) is 0 Å². The molecule has 2 saturated heterocycles. The lowest BCUT2D eigenvalue weighted by atomic mass is 9.75. The first-order valence-corrected chi connectivity index (χ1v) is 9.27. The lowest BCUT2D eigenvalue weighted by molar-refractivity contribution is -0.0704. The SMILES string of the molecule is C1CCC2(C1)CCC(CC1(CNC3CC3)CCOCC1)O2. The number of hydrogen-bond donors (Lipinski definition) is 1. The standard InChI is InChI=1S/C18H31NO2/c1-2-7-18(6-1)8-5-16(21-18)13-17(9-11-20-12-10-17)14-19-15-3-4-15/h15-16,19H,1-14H2. The Morgan fingerprint density at radius 1 is 0.905 bits per heavy atom. The maximum Gasteiger partial charge on any atom is 0.0687 e. The number of rotatable bonds is 5. The Morgan fingerprint density at radius 3 is 2.38 bits per heavy atom. The van der Waals surface area contributed by atoms with Crippen LogP contribution in [-0.2, 0) is 9.47 Å². The van der Waals surface area contributed by atoms with Gasteiger partial charge in [0.1, 0.15) is 0 Å². The predicted molar refractivity (Wildman–Crippen MR) is 83.4 cm³/mol. The summed E-state index contributed by atoms with van der Waals surface area (Å²) in [6.07, 6.45) is 15.0. The fraction of sp³-hybridized carbons (Fsp3) is 1.00. The first kappa shape index (κ1) is 14.5. The van der Waals surface area contributed by atoms with Gasteiger partial charge in [-0.15, -0.1) is 0 Å². The van der Waals surface area contributed by atoms with Crippen LogP contribution in [0.5, 0.6) is 0 Å². The zero-order chi connectivity index (χ0) is 14.2. The second-order valence-electron chi connectivity index (χ2n) is 8.14. The van der Waals surface area contributed by atoms with Crippen molar-refractivity contribution in [3.63, 3.8) is 0 Å². The van der Waals surface area contributed by atoms with Crippen molar-refractivity contribution in [3.8, 4) is 0 Å². The summed E-state index contributed by atoms with van der Waals surface area (Å²) < 4.78 is 12.2. The fourth-order valence-electron chi connectivity index (χ4n) is 4.82. The van der Waals surface area contributed by atoms with Gasteiger partial charge in [-0.05, 0) is 63.2 Å². The van der Waals surface area contributed by atoms with Crippen LogP contribution in [0.3, 0.4) is 0 Å². The molecule has 0 radical (unpaired) electrons. The molecule has 1 spiro atoms. The molecule has 4 rings (SSSR count). The molecule has 3 nitrogen and oxygen atoms in total. The summed E-state index contributed by atoms with van der Waals surface area (Å²) in [5.74, 6) is 0. The van der Waals surface area contributed by atoms with Crippen molar-refractivity contribution < 1.29 is 9.47 Å². The van der Waals surface area contributed by atoms with Crippen LogP contribution in [0.4, 0.5) is 0 Å². The van der Waals surface area contributed by atoms with Crippen LogP contribution in [0.1, 0.15) is 70.6 Å². The normalized spacial score (nSPS) is 34.6. The highest BCUT2D eigenvalue weighted by molar-refractivity contribution is 4.96. The Hall–Kier alpha value is -0.120. The van der Waals surface area contributed by atoms with Gasteiger partial charge in [-0.2, -0.15) is 0 Å². The molecule has 0 aromatic heterocycles. The Bertz CT molecular complexity index is 354. The van der Waals surface area contributed by atoms with Gasteiger partial charge in [-0.1, -0.05) is 12.8 Å². The van der Waals surface area contributed by atoms with Crippen LogP contribution < -0.4 is 5.32 Å². The van der Waals surface area contributed by atoms with Gasteiger partial charge in [0.25, 0.3) is 0 Å². The number of ether oxygens (including phenoxy) is 2. The third kappa shape index (κ3) is 3.30. The van der Waals surface area contributed by atoms with Crippen molar-refractivity contribution in [3.05, 3.63) is 0 Å². The van der Waals surface area contributed by atoms with Crippen LogP contribution >= 0.6 is 0 Å². The van der Waals surface area contributed by atoms with Crippen LogP contribution in [0.25, 0.3) is 0 Å². The van der Waals surface area contributed by atoms with Crippen LogP contribution in [0.15, 0.2) is 0 Å². The summed E-state index contributed by atoms with van der Waals surface area (Å²) in [7, 11) is 0. The van der Waals surface area contributed by atoms with E-state index in [4.69, 9.17) is 9.47 Å². The summed E-state index contributed by atoms with van der Waals surface area (Å²) >= 11 is 0. The largest absolute Gasteiger partial charge is 0.381 e. The van der Waals surface area contributed by atoms with Crippen molar-refractivity contribution in [2.45, 2.75) is 88.4 Å². The molecule has 0 amide bonds. The monoisotopic (exact) mass is 293 g/mol. The van der Waals surface area contributed by atoms with E-state index in [0.717, 1.165) is 19.3 Å². The molecule has 1 atom stereocenters. The second-order valence-corrected chi connectivity index (χ2v) is 8.14. The van der Waals surface area contributed by atoms with E-state index in [-0.39, 0.29) is 0 Å². The van der Waals surface area contributed by atoms with E-state index in [9.17, 15) is 0 Å². The maximum atomic E-state index is 6.59. The Kier molecular flexibility index (Phi) is 4.01. The molecule has 2 saturated carbocycles. The summed E-state index contributed by atoms with van der Waals surface area (Å²) in [4.78, 5) is 0. The minimum absolute atomic E-state index is 0.293. The smallest absolute Gasteiger partial charge is 0.0687 e. The number of hydrogen-bond acceptors (Lipinski definition) is 3. The number of nitrogens with one attached hydrogen (secondary N) is 1. The van der Waals surface area contributed by atoms with Crippen molar-refractivity contribution in [2.24, 2.45) is 5.41 Å². The van der Waals surface area contributed by atoms with E-state index < -0.39 is 0 Å². The van der Waals surface area contributed by atoms with Crippen molar-refractivity contribution in [1.82, 2.24) is 5.32 Å². The van der Waals surface area contributed by atoms with Crippen molar-refractivity contribution >= 4 is 0 Å². The molecule has 1 N–H and O–H groups in total. The van der Waals surface area contributed by atoms with E-state index in [1.165, 1.54) is 77.2 Å². The summed E-state index contributed by atoms with van der Waals surface area (Å²) in [6, 6.07) is 0.815. The molecule has 4 aliphatic rings. The van der Waals surface area contributed by atoms with Gasteiger partial charge in [0, 0.05) is 25.8 Å². The van der Waals surface area contributed by atoms with Gasteiger partial charge in [-0.25, -0.2) is 0 Å². The summed E-state index contributed by atoms with van der Waals surface area (Å²) in [5, 5.41) is 3.79. The van der Waals surface area contributed by atoms with E-state index in [2.05, 4.69) is 5.32 Å². The lowest BCUT2D eigenvalue weighted by Crippen LogP contribution is -2.42. The average Bonchev–Trinajstić information content (AvgIpc) is 3.11. The van der Waals surface area contributed by atoms with Crippen LogP contribution in [0.2, 0.25) is 0 Å². The Balaban J connectivity index is 1.37. The fourth-order valence-corrected chi connectivity index (χ4v) is 4.82. The minimum Gasteiger partial charge on any atom is -0.381 e. The molecule has 2 heterocycles. The molecular formula is C18H31NO2.